The molecule has 1 atom stereocenters. The SMILES string of the molecule is CCCCC(NC(=O)C1(C)CCCCC1)C(=O)O. The van der Waals surface area contributed by atoms with Gasteiger partial charge in [0.25, 0.3) is 0 Å². The van der Waals surface area contributed by atoms with Crippen LogP contribution in [-0.2, 0) is 9.59 Å². The normalized spacial score (nSPS) is 20.1. The standard InChI is InChI=1S/C14H25NO3/c1-3-4-8-11(12(16)17)15-13(18)14(2)9-6-5-7-10-14/h11H,3-10H2,1-2H3,(H,15,18)(H,16,17). The van der Waals surface area contributed by atoms with E-state index in [1.54, 1.807) is 0 Å². The number of carboxylic acids is 1. The van der Waals surface area contributed by atoms with E-state index in [2.05, 4.69) is 5.32 Å². The molecular formula is C14H25NO3. The first-order chi connectivity index (χ1) is 8.49. The van der Waals surface area contributed by atoms with Crippen LogP contribution in [0.5, 0.6) is 0 Å². The van der Waals surface area contributed by atoms with Gasteiger partial charge in [-0.05, 0) is 19.3 Å². The molecule has 1 unspecified atom stereocenters. The lowest BCUT2D eigenvalue weighted by molar-refractivity contribution is -0.144. The first-order valence-electron chi connectivity index (χ1n) is 7.03. The van der Waals surface area contributed by atoms with Gasteiger partial charge in [0.2, 0.25) is 5.91 Å². The molecule has 104 valence electrons. The molecule has 0 aromatic carbocycles. The van der Waals surface area contributed by atoms with Crippen molar-refractivity contribution >= 4 is 11.9 Å². The number of rotatable bonds is 6. The molecule has 1 rings (SSSR count). The van der Waals surface area contributed by atoms with Crippen molar-refractivity contribution < 1.29 is 14.7 Å². The number of carboxylic acid groups (broad SMARTS) is 1. The maximum Gasteiger partial charge on any atom is 0.326 e. The minimum atomic E-state index is -0.920. The molecule has 0 aromatic heterocycles. The lowest BCUT2D eigenvalue weighted by Gasteiger charge is -2.33. The summed E-state index contributed by atoms with van der Waals surface area (Å²) >= 11 is 0. The summed E-state index contributed by atoms with van der Waals surface area (Å²) in [6, 6.07) is -0.726. The van der Waals surface area contributed by atoms with Gasteiger partial charge in [0.15, 0.2) is 0 Å². The smallest absolute Gasteiger partial charge is 0.326 e. The Morgan fingerprint density at radius 1 is 1.28 bits per heavy atom. The van der Waals surface area contributed by atoms with Gasteiger partial charge in [-0.25, -0.2) is 4.79 Å². The zero-order valence-electron chi connectivity index (χ0n) is 11.5. The number of aliphatic carboxylic acids is 1. The Bertz CT molecular complexity index is 295. The summed E-state index contributed by atoms with van der Waals surface area (Å²) < 4.78 is 0. The quantitative estimate of drug-likeness (QED) is 0.767. The summed E-state index contributed by atoms with van der Waals surface area (Å²) in [6.07, 6.45) is 7.35. The van der Waals surface area contributed by atoms with Crippen molar-refractivity contribution in [3.05, 3.63) is 0 Å². The van der Waals surface area contributed by atoms with Gasteiger partial charge in [-0.3, -0.25) is 4.79 Å². The fourth-order valence-corrected chi connectivity index (χ4v) is 2.56. The van der Waals surface area contributed by atoms with Crippen LogP contribution in [0.4, 0.5) is 0 Å². The zero-order valence-corrected chi connectivity index (χ0v) is 11.5. The molecule has 0 saturated heterocycles. The molecule has 1 fully saturated rings. The average Bonchev–Trinajstić information content (AvgIpc) is 2.34. The monoisotopic (exact) mass is 255 g/mol. The van der Waals surface area contributed by atoms with Crippen molar-refractivity contribution in [3.63, 3.8) is 0 Å². The highest BCUT2D eigenvalue weighted by molar-refractivity contribution is 5.87. The van der Waals surface area contributed by atoms with Gasteiger partial charge in [0, 0.05) is 5.41 Å². The largest absolute Gasteiger partial charge is 0.480 e. The van der Waals surface area contributed by atoms with E-state index in [-0.39, 0.29) is 11.3 Å². The molecule has 1 amide bonds. The molecule has 4 nitrogen and oxygen atoms in total. The third-order valence-corrected chi connectivity index (χ3v) is 3.96. The molecule has 18 heavy (non-hydrogen) atoms. The van der Waals surface area contributed by atoms with E-state index in [1.807, 2.05) is 13.8 Å². The Labute approximate surface area is 109 Å². The molecule has 0 aromatic rings. The fourth-order valence-electron chi connectivity index (χ4n) is 2.56. The first kappa shape index (κ1) is 15.0. The van der Waals surface area contributed by atoms with Gasteiger partial charge in [-0.2, -0.15) is 0 Å². The van der Waals surface area contributed by atoms with E-state index in [0.717, 1.165) is 38.5 Å². The van der Waals surface area contributed by atoms with Crippen LogP contribution in [0.15, 0.2) is 0 Å². The molecule has 2 N–H and O–H groups in total. The summed E-state index contributed by atoms with van der Waals surface area (Å²) in [5.74, 6) is -0.998. The highest BCUT2D eigenvalue weighted by Crippen LogP contribution is 2.35. The van der Waals surface area contributed by atoms with E-state index >= 15 is 0 Å². The van der Waals surface area contributed by atoms with Crippen LogP contribution in [0, 0.1) is 5.41 Å². The fraction of sp³-hybridized carbons (Fsp3) is 0.857. The molecule has 0 spiro atoms. The number of carbonyl (C=O) groups is 2. The van der Waals surface area contributed by atoms with Crippen molar-refractivity contribution in [1.29, 1.82) is 0 Å². The molecular weight excluding hydrogens is 230 g/mol. The van der Waals surface area contributed by atoms with Crippen molar-refractivity contribution in [2.75, 3.05) is 0 Å². The van der Waals surface area contributed by atoms with E-state index in [9.17, 15) is 9.59 Å². The Morgan fingerprint density at radius 2 is 1.89 bits per heavy atom. The number of carbonyl (C=O) groups excluding carboxylic acids is 1. The molecule has 0 heterocycles. The summed E-state index contributed by atoms with van der Waals surface area (Å²) in [5.41, 5.74) is -0.363. The number of unbranched alkanes of at least 4 members (excludes halogenated alkanes) is 1. The predicted molar refractivity (Wildman–Crippen MR) is 70.3 cm³/mol. The lowest BCUT2D eigenvalue weighted by Crippen LogP contribution is -2.48. The molecule has 0 bridgehead atoms. The molecule has 0 aliphatic heterocycles. The van der Waals surface area contributed by atoms with Gasteiger partial charge < -0.3 is 10.4 Å². The Morgan fingerprint density at radius 3 is 2.39 bits per heavy atom. The van der Waals surface area contributed by atoms with E-state index in [1.165, 1.54) is 6.42 Å². The summed E-state index contributed by atoms with van der Waals surface area (Å²) in [7, 11) is 0. The van der Waals surface area contributed by atoms with Gasteiger partial charge in [-0.15, -0.1) is 0 Å². The van der Waals surface area contributed by atoms with Crippen LogP contribution in [-0.4, -0.2) is 23.0 Å². The van der Waals surface area contributed by atoms with Gasteiger partial charge in [-0.1, -0.05) is 46.0 Å². The van der Waals surface area contributed by atoms with E-state index in [0.29, 0.717) is 6.42 Å². The number of nitrogens with one attached hydrogen (secondary N) is 1. The molecule has 0 radical (unpaired) electrons. The van der Waals surface area contributed by atoms with Crippen LogP contribution in [0.1, 0.15) is 65.2 Å². The van der Waals surface area contributed by atoms with Gasteiger partial charge in [0.1, 0.15) is 6.04 Å². The Kier molecular flexibility index (Phi) is 5.63. The van der Waals surface area contributed by atoms with E-state index in [4.69, 9.17) is 5.11 Å². The summed E-state index contributed by atoms with van der Waals surface area (Å²) in [5, 5.41) is 11.8. The van der Waals surface area contributed by atoms with Crippen LogP contribution < -0.4 is 5.32 Å². The molecule has 4 heteroatoms. The highest BCUT2D eigenvalue weighted by Gasteiger charge is 2.36. The molecule has 1 aliphatic rings. The maximum absolute atomic E-state index is 12.2. The van der Waals surface area contributed by atoms with Crippen LogP contribution in [0.3, 0.4) is 0 Å². The minimum absolute atomic E-state index is 0.0781. The second kappa shape index (κ2) is 6.76. The summed E-state index contributed by atoms with van der Waals surface area (Å²) in [4.78, 5) is 23.3. The van der Waals surface area contributed by atoms with Crippen molar-refractivity contribution in [1.82, 2.24) is 5.32 Å². The summed E-state index contributed by atoms with van der Waals surface area (Å²) in [6.45, 7) is 3.98. The number of hydrogen-bond acceptors (Lipinski definition) is 2. The predicted octanol–water partition coefficient (Wildman–Crippen LogP) is 2.72. The third-order valence-electron chi connectivity index (χ3n) is 3.96. The van der Waals surface area contributed by atoms with Crippen LogP contribution in [0.25, 0.3) is 0 Å². The zero-order chi connectivity index (χ0) is 13.6. The van der Waals surface area contributed by atoms with Crippen molar-refractivity contribution in [2.24, 2.45) is 5.41 Å². The second-order valence-electron chi connectivity index (χ2n) is 5.63. The Balaban J connectivity index is 2.56. The Hall–Kier alpha value is -1.06. The van der Waals surface area contributed by atoms with Crippen LogP contribution >= 0.6 is 0 Å². The number of hydrogen-bond donors (Lipinski definition) is 2. The maximum atomic E-state index is 12.2. The van der Waals surface area contributed by atoms with E-state index < -0.39 is 12.0 Å². The second-order valence-corrected chi connectivity index (χ2v) is 5.63. The van der Waals surface area contributed by atoms with Gasteiger partial charge >= 0.3 is 5.97 Å². The first-order valence-corrected chi connectivity index (χ1v) is 7.03. The third kappa shape index (κ3) is 4.00. The van der Waals surface area contributed by atoms with Crippen molar-refractivity contribution in [2.45, 2.75) is 71.3 Å². The molecule has 1 aliphatic carbocycles. The number of amides is 1. The van der Waals surface area contributed by atoms with Crippen LogP contribution in [0.2, 0.25) is 0 Å². The topological polar surface area (TPSA) is 66.4 Å². The van der Waals surface area contributed by atoms with Crippen molar-refractivity contribution in [3.8, 4) is 0 Å². The lowest BCUT2D eigenvalue weighted by atomic mass is 9.75. The van der Waals surface area contributed by atoms with Gasteiger partial charge in [0.05, 0.1) is 0 Å². The molecule has 1 saturated carbocycles. The average molecular weight is 255 g/mol. The minimum Gasteiger partial charge on any atom is -0.480 e. The highest BCUT2D eigenvalue weighted by atomic mass is 16.4.